The first-order chi connectivity index (χ1) is 27.8. The van der Waals surface area contributed by atoms with E-state index in [1.807, 2.05) is 0 Å². The van der Waals surface area contributed by atoms with E-state index in [0.29, 0.717) is 0 Å². The third-order valence-corrected chi connectivity index (χ3v) is 11.0. The van der Waals surface area contributed by atoms with Gasteiger partial charge in [0, 0.05) is 13.5 Å². The topological polar surface area (TPSA) is 390 Å². The summed E-state index contributed by atoms with van der Waals surface area (Å²) < 4.78 is 57.4. The molecule has 1 amide bonds. The van der Waals surface area contributed by atoms with Crippen LogP contribution in [0, 0.1) is 0 Å². The summed E-state index contributed by atoms with van der Waals surface area (Å²) in [5.41, 5.74) is 5.56. The number of nitrogens with two attached hydrogens (primary N) is 1. The van der Waals surface area contributed by atoms with Crippen molar-refractivity contribution in [1.82, 2.24) is 5.32 Å². The molecule has 0 aromatic rings. The smallest absolute Gasteiger partial charge is 0.217 e. The molecule has 0 radical (unpaired) electrons. The van der Waals surface area contributed by atoms with Crippen LogP contribution in [-0.4, -0.2) is 247 Å². The lowest BCUT2D eigenvalue weighted by Gasteiger charge is -2.50. The summed E-state index contributed by atoms with van der Waals surface area (Å²) in [6.07, 6.45) is -39.3. The summed E-state index contributed by atoms with van der Waals surface area (Å²) in [5.74, 6) is -0.594. The van der Waals surface area contributed by atoms with Crippen LogP contribution < -0.4 is 11.1 Å². The highest BCUT2D eigenvalue weighted by molar-refractivity contribution is 5.73. The van der Waals surface area contributed by atoms with Gasteiger partial charge in [-0.2, -0.15) is 0 Å². The predicted molar refractivity (Wildman–Crippen MR) is 187 cm³/mol. The molecule has 5 rings (SSSR count). The van der Waals surface area contributed by atoms with Crippen molar-refractivity contribution in [2.45, 2.75) is 181 Å². The number of carbonyl (C=O) groups is 1. The van der Waals surface area contributed by atoms with Crippen LogP contribution in [0.25, 0.3) is 0 Å². The lowest BCUT2D eigenvalue weighted by molar-refractivity contribution is -0.395. The second kappa shape index (κ2) is 20.8. The van der Waals surface area contributed by atoms with E-state index < -0.39 is 173 Å². The average Bonchev–Trinajstić information content (AvgIpc) is 3.20. The van der Waals surface area contributed by atoms with Crippen LogP contribution in [0.4, 0.5) is 0 Å². The Balaban J connectivity index is 1.36. The molecular weight excluding hydrogens is 804 g/mol. The molecule has 0 aromatic heterocycles. The molecule has 0 unspecified atom stereocenters. The number of hydrogen-bond acceptors (Lipinski definition) is 24. The number of amides is 1. The van der Waals surface area contributed by atoms with Gasteiger partial charge in [0.15, 0.2) is 31.5 Å². The first-order valence-corrected chi connectivity index (χ1v) is 19.3. The van der Waals surface area contributed by atoms with Crippen LogP contribution in [-0.2, 0) is 52.2 Å². The van der Waals surface area contributed by atoms with Crippen molar-refractivity contribution in [3.05, 3.63) is 0 Å². The largest absolute Gasteiger partial charge is 0.394 e. The summed E-state index contributed by atoms with van der Waals surface area (Å²) in [5, 5.41) is 132. The Kier molecular flexibility index (Phi) is 17.1. The van der Waals surface area contributed by atoms with Gasteiger partial charge in [0.25, 0.3) is 0 Å². The van der Waals surface area contributed by atoms with Crippen molar-refractivity contribution < 1.29 is 113 Å². The highest BCUT2D eigenvalue weighted by Crippen LogP contribution is 2.36. The molecule has 25 nitrogen and oxygen atoms in total. The van der Waals surface area contributed by atoms with Gasteiger partial charge in [-0.05, 0) is 20.8 Å². The Bertz CT molecular complexity index is 1330. The highest BCUT2D eigenvalue weighted by atomic mass is 16.8. The Hall–Kier alpha value is -1.45. The third-order valence-electron chi connectivity index (χ3n) is 11.0. The van der Waals surface area contributed by atoms with Crippen LogP contribution in [0.15, 0.2) is 0 Å². The molecule has 0 aromatic carbocycles. The number of carbonyl (C=O) groups excluding carboxylic acids is 1. The standard InChI is InChI=1S/C34H60N2O23/c1-9-16(40)21(45)23(47)31(51-9)59-29-22(46)17(41)10(2)53-34(29)58-28-20(44)14(8-38)55-33(25(28)49)57-27-18(42)11(3)52-32(24(27)48)56-26-15(36-12(4)39)30(50-6-5-35)54-13(7-37)19(26)43/h9-11,13-34,37-38,40-49H,5-8,35H2,1-4H3,(H,36,39)/t9-,10-,11-,13+,14+,15+,16-,17+,18+,19+,20+,21+,22+,23+,24-,25-,26+,27+,28-,29-,30+,31-,32-,33+,34-/m0/s1. The summed E-state index contributed by atoms with van der Waals surface area (Å²) in [6, 6.07) is -1.26. The van der Waals surface area contributed by atoms with E-state index in [9.17, 15) is 66.1 Å². The summed E-state index contributed by atoms with van der Waals surface area (Å²) in [7, 11) is 0. The van der Waals surface area contributed by atoms with E-state index in [2.05, 4.69) is 5.32 Å². The Labute approximate surface area is 337 Å². The van der Waals surface area contributed by atoms with Gasteiger partial charge >= 0.3 is 0 Å². The fourth-order valence-electron chi connectivity index (χ4n) is 7.54. The number of aliphatic hydroxyl groups excluding tert-OH is 12. The zero-order valence-corrected chi connectivity index (χ0v) is 32.7. The van der Waals surface area contributed by atoms with Crippen molar-refractivity contribution in [3.63, 3.8) is 0 Å². The van der Waals surface area contributed by atoms with Crippen LogP contribution >= 0.6 is 0 Å². The normalized spacial score (nSPS) is 51.0. The van der Waals surface area contributed by atoms with Gasteiger partial charge < -0.3 is 120 Å². The van der Waals surface area contributed by atoms with Crippen molar-refractivity contribution >= 4 is 5.91 Å². The summed E-state index contributed by atoms with van der Waals surface area (Å²) >= 11 is 0. The first kappa shape index (κ1) is 48.6. The van der Waals surface area contributed by atoms with Crippen LogP contribution in [0.2, 0.25) is 0 Å². The zero-order chi connectivity index (χ0) is 43.6. The molecule has 15 N–H and O–H groups in total. The molecule has 59 heavy (non-hydrogen) atoms. The van der Waals surface area contributed by atoms with Crippen molar-refractivity contribution in [2.24, 2.45) is 5.73 Å². The SMILES string of the molecule is CC(=O)N[C@H]1[C@H](OCCN)O[C@H](CO)[C@@H](O)[C@@H]1O[C@@H]1O[C@@H](C)[C@@H](O)[C@@H](O[C@H]2O[C@H](CO)[C@@H](O)[C@H](O[C@@H]3O[C@@H](C)[C@@H](O)[C@@H](O)[C@@H]3O[C@@H]3O[C@@H](C)[C@H](O)[C@@H](O)[C@H]3O)[C@@H]2O)[C@@H]1O. The Morgan fingerprint density at radius 3 is 1.49 bits per heavy atom. The molecule has 344 valence electrons. The fraction of sp³-hybridized carbons (Fsp3) is 0.971. The summed E-state index contributed by atoms with van der Waals surface area (Å²) in [6.45, 7) is 3.64. The molecule has 5 fully saturated rings. The lowest BCUT2D eigenvalue weighted by Crippen LogP contribution is -2.69. The maximum atomic E-state index is 12.2. The molecule has 5 saturated heterocycles. The van der Waals surface area contributed by atoms with Gasteiger partial charge in [-0.3, -0.25) is 4.79 Å². The fourth-order valence-corrected chi connectivity index (χ4v) is 7.54. The number of hydrogen-bond donors (Lipinski definition) is 14. The number of ether oxygens (including phenoxy) is 10. The predicted octanol–water partition coefficient (Wildman–Crippen LogP) is -8.72. The third kappa shape index (κ3) is 10.5. The van der Waals surface area contributed by atoms with Gasteiger partial charge in [-0.15, -0.1) is 0 Å². The maximum absolute atomic E-state index is 12.2. The maximum Gasteiger partial charge on any atom is 0.217 e. The molecular formula is C34H60N2O23. The molecule has 0 bridgehead atoms. The second-order valence-electron chi connectivity index (χ2n) is 15.3. The van der Waals surface area contributed by atoms with Gasteiger partial charge in [0.1, 0.15) is 104 Å². The lowest BCUT2D eigenvalue weighted by atomic mass is 9.95. The van der Waals surface area contributed by atoms with Crippen molar-refractivity contribution in [3.8, 4) is 0 Å². The van der Waals surface area contributed by atoms with Gasteiger partial charge in [0.2, 0.25) is 5.91 Å². The van der Waals surface area contributed by atoms with Crippen molar-refractivity contribution in [2.75, 3.05) is 26.4 Å². The minimum Gasteiger partial charge on any atom is -0.394 e. The van der Waals surface area contributed by atoms with Gasteiger partial charge in [0.05, 0.1) is 38.1 Å². The number of aliphatic hydroxyl groups is 12. The van der Waals surface area contributed by atoms with Gasteiger partial charge in [-0.25, -0.2) is 0 Å². The van der Waals surface area contributed by atoms with Crippen molar-refractivity contribution in [1.29, 1.82) is 0 Å². The number of rotatable bonds is 14. The minimum atomic E-state index is -2.05. The monoisotopic (exact) mass is 864 g/mol. The highest BCUT2D eigenvalue weighted by Gasteiger charge is 2.56. The van der Waals surface area contributed by atoms with E-state index in [1.54, 1.807) is 0 Å². The van der Waals surface area contributed by atoms with Crippen LogP contribution in [0.3, 0.4) is 0 Å². The molecule has 25 atom stereocenters. The van der Waals surface area contributed by atoms with E-state index in [1.165, 1.54) is 27.7 Å². The average molecular weight is 865 g/mol. The molecule has 0 saturated carbocycles. The quantitative estimate of drug-likeness (QED) is 0.0771. The second-order valence-corrected chi connectivity index (χ2v) is 15.3. The van der Waals surface area contributed by atoms with E-state index in [-0.39, 0.29) is 13.2 Å². The van der Waals surface area contributed by atoms with E-state index in [0.717, 1.165) is 0 Å². The minimum absolute atomic E-state index is 0.0421. The Morgan fingerprint density at radius 2 is 0.932 bits per heavy atom. The Morgan fingerprint density at radius 1 is 0.508 bits per heavy atom. The molecule has 25 heteroatoms. The summed E-state index contributed by atoms with van der Waals surface area (Å²) in [4.78, 5) is 12.2. The van der Waals surface area contributed by atoms with Crippen LogP contribution in [0.5, 0.6) is 0 Å². The van der Waals surface area contributed by atoms with Crippen LogP contribution in [0.1, 0.15) is 27.7 Å². The molecule has 0 spiro atoms. The molecule has 5 aliphatic rings. The van der Waals surface area contributed by atoms with Gasteiger partial charge in [-0.1, -0.05) is 0 Å². The first-order valence-electron chi connectivity index (χ1n) is 19.3. The van der Waals surface area contributed by atoms with E-state index >= 15 is 0 Å². The molecule has 5 aliphatic heterocycles. The zero-order valence-electron chi connectivity index (χ0n) is 32.7. The number of nitrogens with one attached hydrogen (secondary N) is 1. The molecule has 0 aliphatic carbocycles. The molecule has 5 heterocycles. The van der Waals surface area contributed by atoms with E-state index in [4.69, 9.17) is 53.1 Å².